The van der Waals surface area contributed by atoms with Crippen LogP contribution in [0.4, 0.5) is 5.69 Å². The van der Waals surface area contributed by atoms with E-state index in [1.807, 2.05) is 0 Å². The minimum atomic E-state index is -3.36. The molecule has 0 aliphatic rings. The van der Waals surface area contributed by atoms with Crippen molar-refractivity contribution in [2.75, 3.05) is 30.5 Å². The van der Waals surface area contributed by atoms with Gasteiger partial charge in [-0.25, -0.2) is 16.8 Å². The summed E-state index contributed by atoms with van der Waals surface area (Å²) >= 11 is 13.0. The van der Waals surface area contributed by atoms with Crippen LogP contribution in [0.5, 0.6) is 0 Å². The van der Waals surface area contributed by atoms with Crippen LogP contribution in [0.3, 0.4) is 0 Å². The van der Waals surface area contributed by atoms with Gasteiger partial charge in [-0.2, -0.15) is 0 Å². The molecular weight excluding hydrogens is 557 g/mol. The van der Waals surface area contributed by atoms with Gasteiger partial charge >= 0.3 is 0 Å². The standard InChI is InChI=1S/C26H27Cl2NO6S2/c1-4-36(31,32)20-10-6-17(7-11-20)22(16-35-3)26(30)29-19-14-23(27)25(24(28)15-19)18-8-12-21(13-9-18)37(33,34)5-2/h6-15,22H,4-5,16H2,1-3H3,(H,29,30). The Balaban J connectivity index is 1.86. The first-order valence-corrected chi connectivity index (χ1v) is 15.4. The van der Waals surface area contributed by atoms with Gasteiger partial charge in [0.1, 0.15) is 0 Å². The van der Waals surface area contributed by atoms with Crippen molar-refractivity contribution < 1.29 is 26.4 Å². The van der Waals surface area contributed by atoms with Crippen molar-refractivity contribution in [2.24, 2.45) is 0 Å². The Morgan fingerprint density at radius 2 is 1.30 bits per heavy atom. The predicted molar refractivity (Wildman–Crippen MR) is 147 cm³/mol. The molecule has 3 rings (SSSR count). The topological polar surface area (TPSA) is 107 Å². The molecule has 3 aromatic rings. The molecule has 0 aliphatic carbocycles. The first-order chi connectivity index (χ1) is 17.4. The van der Waals surface area contributed by atoms with Crippen LogP contribution in [0.2, 0.25) is 10.0 Å². The Morgan fingerprint density at radius 1 is 0.838 bits per heavy atom. The Kier molecular flexibility index (Phi) is 9.42. The van der Waals surface area contributed by atoms with E-state index in [0.29, 0.717) is 22.4 Å². The second-order valence-corrected chi connectivity index (χ2v) is 13.6. The third-order valence-corrected chi connectivity index (χ3v) is 9.96. The quantitative estimate of drug-likeness (QED) is 0.332. The maximum absolute atomic E-state index is 13.1. The van der Waals surface area contributed by atoms with E-state index in [0.717, 1.165) is 0 Å². The van der Waals surface area contributed by atoms with Gasteiger partial charge < -0.3 is 10.1 Å². The fraction of sp³-hybridized carbons (Fsp3) is 0.269. The number of ether oxygens (including phenoxy) is 1. The minimum Gasteiger partial charge on any atom is -0.384 e. The van der Waals surface area contributed by atoms with E-state index in [1.54, 1.807) is 50.2 Å². The molecule has 1 N–H and O–H groups in total. The second kappa shape index (κ2) is 12.0. The van der Waals surface area contributed by atoms with Crippen molar-refractivity contribution in [2.45, 2.75) is 29.6 Å². The van der Waals surface area contributed by atoms with Gasteiger partial charge in [0.25, 0.3) is 0 Å². The number of carbonyl (C=O) groups excluding carboxylic acids is 1. The van der Waals surface area contributed by atoms with E-state index in [4.69, 9.17) is 27.9 Å². The maximum Gasteiger partial charge on any atom is 0.234 e. The number of benzene rings is 3. The molecule has 0 aliphatic heterocycles. The Bertz CT molecular complexity index is 1460. The van der Waals surface area contributed by atoms with E-state index in [1.165, 1.54) is 31.4 Å². The number of anilines is 1. The third-order valence-electron chi connectivity index (χ3n) is 5.86. The molecule has 1 unspecified atom stereocenters. The Labute approximate surface area is 227 Å². The van der Waals surface area contributed by atoms with Crippen LogP contribution in [-0.2, 0) is 29.2 Å². The number of sulfone groups is 2. The number of nitrogens with one attached hydrogen (secondary N) is 1. The molecule has 0 spiro atoms. The number of amides is 1. The van der Waals surface area contributed by atoms with Crippen LogP contribution in [0.25, 0.3) is 11.1 Å². The fourth-order valence-corrected chi connectivity index (χ4v) is 6.18. The smallest absolute Gasteiger partial charge is 0.234 e. The van der Waals surface area contributed by atoms with E-state index in [2.05, 4.69) is 5.32 Å². The number of carbonyl (C=O) groups is 1. The molecule has 7 nitrogen and oxygen atoms in total. The summed E-state index contributed by atoms with van der Waals surface area (Å²) in [6.45, 7) is 3.21. The molecule has 3 aromatic carbocycles. The van der Waals surface area contributed by atoms with Crippen molar-refractivity contribution in [3.63, 3.8) is 0 Å². The molecule has 0 radical (unpaired) electrons. The van der Waals surface area contributed by atoms with Gasteiger partial charge in [-0.05, 0) is 47.5 Å². The van der Waals surface area contributed by atoms with Crippen LogP contribution < -0.4 is 5.32 Å². The molecule has 37 heavy (non-hydrogen) atoms. The number of hydrogen-bond donors (Lipinski definition) is 1. The van der Waals surface area contributed by atoms with Gasteiger partial charge in [0, 0.05) is 18.4 Å². The van der Waals surface area contributed by atoms with Gasteiger partial charge in [-0.3, -0.25) is 4.79 Å². The predicted octanol–water partition coefficient (Wildman–Crippen LogP) is 5.62. The van der Waals surface area contributed by atoms with Crippen molar-refractivity contribution in [1.29, 1.82) is 0 Å². The van der Waals surface area contributed by atoms with Crippen molar-refractivity contribution in [1.82, 2.24) is 0 Å². The normalized spacial score (nSPS) is 12.8. The molecular formula is C26H27Cl2NO6S2. The van der Waals surface area contributed by atoms with Crippen LogP contribution in [0.15, 0.2) is 70.5 Å². The van der Waals surface area contributed by atoms with Gasteiger partial charge in [-0.15, -0.1) is 0 Å². The molecule has 1 atom stereocenters. The lowest BCUT2D eigenvalue weighted by atomic mass is 9.99. The first kappa shape index (κ1) is 29.1. The Morgan fingerprint density at radius 3 is 1.73 bits per heavy atom. The van der Waals surface area contributed by atoms with Gasteiger partial charge in [0.2, 0.25) is 5.91 Å². The fourth-order valence-electron chi connectivity index (χ4n) is 3.71. The molecule has 198 valence electrons. The molecule has 0 aromatic heterocycles. The molecule has 0 fully saturated rings. The molecule has 0 saturated carbocycles. The average Bonchev–Trinajstić information content (AvgIpc) is 2.87. The molecule has 11 heteroatoms. The summed E-state index contributed by atoms with van der Waals surface area (Å²) in [7, 11) is -5.23. The SMILES string of the molecule is CCS(=O)(=O)c1ccc(-c2c(Cl)cc(NC(=O)C(COC)c3ccc(S(=O)(=O)CC)cc3)cc2Cl)cc1. The summed E-state index contributed by atoms with van der Waals surface area (Å²) < 4.78 is 53.6. The highest BCUT2D eigenvalue weighted by Crippen LogP contribution is 2.38. The maximum atomic E-state index is 13.1. The summed E-state index contributed by atoms with van der Waals surface area (Å²) in [5.41, 5.74) is 2.08. The van der Waals surface area contributed by atoms with Crippen LogP contribution >= 0.6 is 23.2 Å². The van der Waals surface area contributed by atoms with E-state index >= 15 is 0 Å². The summed E-state index contributed by atoms with van der Waals surface area (Å²) in [5, 5.41) is 3.33. The van der Waals surface area contributed by atoms with E-state index < -0.39 is 25.6 Å². The zero-order valence-corrected chi connectivity index (χ0v) is 23.6. The van der Waals surface area contributed by atoms with Crippen molar-refractivity contribution in [3.8, 4) is 11.1 Å². The first-order valence-electron chi connectivity index (χ1n) is 11.4. The third kappa shape index (κ3) is 6.72. The van der Waals surface area contributed by atoms with Gasteiger partial charge in [0.15, 0.2) is 19.7 Å². The average molecular weight is 585 g/mol. The lowest BCUT2D eigenvalue weighted by Crippen LogP contribution is -2.24. The lowest BCUT2D eigenvalue weighted by molar-refractivity contribution is -0.118. The largest absolute Gasteiger partial charge is 0.384 e. The Hall–Kier alpha value is -2.43. The molecule has 0 heterocycles. The van der Waals surface area contributed by atoms with E-state index in [-0.39, 0.29) is 43.9 Å². The number of methoxy groups -OCH3 is 1. The summed E-state index contributed by atoms with van der Waals surface area (Å²) in [6, 6.07) is 15.5. The zero-order chi connectivity index (χ0) is 27.4. The number of rotatable bonds is 10. The summed E-state index contributed by atoms with van der Waals surface area (Å²) in [5.74, 6) is -1.13. The molecule has 0 bridgehead atoms. The molecule has 1 amide bonds. The van der Waals surface area contributed by atoms with Gasteiger partial charge in [0.05, 0.1) is 43.9 Å². The van der Waals surface area contributed by atoms with Crippen molar-refractivity contribution in [3.05, 3.63) is 76.3 Å². The van der Waals surface area contributed by atoms with E-state index in [9.17, 15) is 21.6 Å². The highest BCUT2D eigenvalue weighted by Gasteiger charge is 2.23. The number of hydrogen-bond acceptors (Lipinski definition) is 6. The van der Waals surface area contributed by atoms with Crippen LogP contribution in [-0.4, -0.2) is 48.0 Å². The summed E-state index contributed by atoms with van der Waals surface area (Å²) in [4.78, 5) is 13.5. The second-order valence-electron chi connectivity index (χ2n) is 8.21. The van der Waals surface area contributed by atoms with Gasteiger partial charge in [-0.1, -0.05) is 61.3 Å². The van der Waals surface area contributed by atoms with Crippen LogP contribution in [0, 0.1) is 0 Å². The lowest BCUT2D eigenvalue weighted by Gasteiger charge is -2.18. The highest BCUT2D eigenvalue weighted by molar-refractivity contribution is 7.91. The highest BCUT2D eigenvalue weighted by atomic mass is 35.5. The van der Waals surface area contributed by atoms with Crippen molar-refractivity contribution >= 4 is 54.5 Å². The van der Waals surface area contributed by atoms with Crippen LogP contribution in [0.1, 0.15) is 25.3 Å². The minimum absolute atomic E-state index is 0.00565. The molecule has 0 saturated heterocycles. The zero-order valence-electron chi connectivity index (χ0n) is 20.5. The summed E-state index contributed by atoms with van der Waals surface area (Å²) in [6.07, 6.45) is 0. The monoisotopic (exact) mass is 583 g/mol. The number of halogens is 2.